The summed E-state index contributed by atoms with van der Waals surface area (Å²) in [5, 5.41) is 0. The van der Waals surface area contributed by atoms with Crippen LogP contribution in [0.4, 0.5) is 0 Å². The van der Waals surface area contributed by atoms with Gasteiger partial charge in [0.1, 0.15) is 13.2 Å². The maximum absolute atomic E-state index is 12.9. The third kappa shape index (κ3) is 63.2. The molecule has 0 aromatic heterocycles. The molecule has 0 fully saturated rings. The molecule has 0 saturated carbocycles. The summed E-state index contributed by atoms with van der Waals surface area (Å²) in [6, 6.07) is 0. The van der Waals surface area contributed by atoms with Crippen LogP contribution in [0.25, 0.3) is 0 Å². The molecular formula is C72H124O6. The van der Waals surface area contributed by atoms with Crippen molar-refractivity contribution in [2.75, 3.05) is 13.2 Å². The SMILES string of the molecule is CC/C=C\C/C=C\C/C=C\C/C=C\C/C=C\C/C=C\C/C=C\C/C=C\CCCCCCC(=O)OCC(COC(=O)CCCCCCCCCCCCCCCC)OC(=O)CCCCCCCCCCCCCCCCCCC. The fraction of sp³-hybridized carbons (Fsp3) is 0.736. The average Bonchev–Trinajstić information content (AvgIpc) is 3.44. The first-order chi connectivity index (χ1) is 38.5. The Morgan fingerprint density at radius 1 is 0.269 bits per heavy atom. The van der Waals surface area contributed by atoms with E-state index in [9.17, 15) is 14.4 Å². The molecule has 0 aromatic carbocycles. The smallest absolute Gasteiger partial charge is 0.306 e. The van der Waals surface area contributed by atoms with Gasteiger partial charge in [0.2, 0.25) is 0 Å². The van der Waals surface area contributed by atoms with E-state index in [0.717, 1.165) is 122 Å². The van der Waals surface area contributed by atoms with Gasteiger partial charge >= 0.3 is 17.9 Å². The molecule has 6 heteroatoms. The highest BCUT2D eigenvalue weighted by Gasteiger charge is 2.19. The second kappa shape index (κ2) is 65.8. The molecule has 0 bridgehead atoms. The van der Waals surface area contributed by atoms with Gasteiger partial charge in [0.05, 0.1) is 0 Å². The van der Waals surface area contributed by atoms with Crippen LogP contribution in [0.5, 0.6) is 0 Å². The standard InChI is InChI=1S/C72H124O6/c1-4-7-10-13-16-19-22-25-28-30-31-32-33-34-35-36-37-38-39-40-41-43-44-47-50-53-56-59-62-65-71(74)77-68-69(67-76-70(73)64-61-58-55-52-49-46-27-24-21-18-15-12-9-6-3)78-72(75)66-63-60-57-54-51-48-45-42-29-26-23-20-17-14-11-8-5-2/h7,10,16,19,25,28,31-32,34-35,37-38,40-41,44,47,69H,4-6,8-9,11-15,17-18,20-24,26-27,29-30,33,36,39,42-43,45-46,48-68H2,1-3H3/b10-7-,19-16-,28-25-,32-31-,35-34-,38-37-,41-40-,47-44-. The van der Waals surface area contributed by atoms with Crippen LogP contribution in [0.15, 0.2) is 97.2 Å². The highest BCUT2D eigenvalue weighted by molar-refractivity contribution is 5.71. The topological polar surface area (TPSA) is 78.9 Å². The number of carbonyl (C=O) groups excluding carboxylic acids is 3. The van der Waals surface area contributed by atoms with Crippen LogP contribution in [0.3, 0.4) is 0 Å². The molecule has 0 heterocycles. The summed E-state index contributed by atoms with van der Waals surface area (Å²) in [6.45, 7) is 6.55. The van der Waals surface area contributed by atoms with Crippen molar-refractivity contribution in [3.63, 3.8) is 0 Å². The zero-order valence-corrected chi connectivity index (χ0v) is 51.4. The van der Waals surface area contributed by atoms with Gasteiger partial charge in [-0.05, 0) is 83.5 Å². The van der Waals surface area contributed by atoms with Crippen molar-refractivity contribution in [1.82, 2.24) is 0 Å². The van der Waals surface area contributed by atoms with Gasteiger partial charge in [0.15, 0.2) is 6.10 Å². The highest BCUT2D eigenvalue weighted by Crippen LogP contribution is 2.17. The zero-order valence-electron chi connectivity index (χ0n) is 51.4. The van der Waals surface area contributed by atoms with E-state index in [1.165, 1.54) is 161 Å². The van der Waals surface area contributed by atoms with Crippen molar-refractivity contribution in [2.45, 2.75) is 329 Å². The Bertz CT molecular complexity index is 1530. The fourth-order valence-electron chi connectivity index (χ4n) is 9.40. The first-order valence-electron chi connectivity index (χ1n) is 33.2. The second-order valence-corrected chi connectivity index (χ2v) is 22.0. The monoisotopic (exact) mass is 1080 g/mol. The van der Waals surface area contributed by atoms with Crippen molar-refractivity contribution in [3.05, 3.63) is 97.2 Å². The van der Waals surface area contributed by atoms with Gasteiger partial charge in [-0.2, -0.15) is 0 Å². The number of unbranched alkanes of at least 4 members (excludes halogenated alkanes) is 33. The Morgan fingerprint density at radius 3 is 0.782 bits per heavy atom. The Hall–Kier alpha value is -3.67. The lowest BCUT2D eigenvalue weighted by atomic mass is 10.0. The molecular weight excluding hydrogens is 961 g/mol. The predicted octanol–water partition coefficient (Wildman–Crippen LogP) is 22.8. The molecule has 78 heavy (non-hydrogen) atoms. The maximum Gasteiger partial charge on any atom is 0.306 e. The Kier molecular flexibility index (Phi) is 62.7. The van der Waals surface area contributed by atoms with Crippen molar-refractivity contribution in [1.29, 1.82) is 0 Å². The van der Waals surface area contributed by atoms with Crippen molar-refractivity contribution < 1.29 is 28.6 Å². The highest BCUT2D eigenvalue weighted by atomic mass is 16.6. The largest absolute Gasteiger partial charge is 0.462 e. The molecule has 0 spiro atoms. The number of hydrogen-bond acceptors (Lipinski definition) is 6. The quantitative estimate of drug-likeness (QED) is 0.0261. The predicted molar refractivity (Wildman–Crippen MR) is 339 cm³/mol. The number of allylic oxidation sites excluding steroid dienone is 16. The summed E-state index contributed by atoms with van der Waals surface area (Å²) in [4.78, 5) is 38.3. The van der Waals surface area contributed by atoms with Gasteiger partial charge in [-0.25, -0.2) is 0 Å². The number of esters is 3. The molecule has 0 aromatic rings. The maximum atomic E-state index is 12.9. The van der Waals surface area contributed by atoms with E-state index in [4.69, 9.17) is 14.2 Å². The van der Waals surface area contributed by atoms with Gasteiger partial charge < -0.3 is 14.2 Å². The van der Waals surface area contributed by atoms with Crippen LogP contribution in [0.1, 0.15) is 323 Å². The number of hydrogen-bond donors (Lipinski definition) is 0. The van der Waals surface area contributed by atoms with E-state index in [1.807, 2.05) is 0 Å². The van der Waals surface area contributed by atoms with E-state index in [1.54, 1.807) is 0 Å². The third-order valence-electron chi connectivity index (χ3n) is 14.4. The molecule has 0 saturated heterocycles. The van der Waals surface area contributed by atoms with E-state index in [0.29, 0.717) is 19.3 Å². The summed E-state index contributed by atoms with van der Waals surface area (Å²) in [5.74, 6) is -0.891. The summed E-state index contributed by atoms with van der Waals surface area (Å²) in [5.41, 5.74) is 0. The molecule has 0 radical (unpaired) electrons. The second-order valence-electron chi connectivity index (χ2n) is 22.0. The number of rotatable bonds is 60. The zero-order chi connectivity index (χ0) is 56.4. The lowest BCUT2D eigenvalue weighted by Gasteiger charge is -2.18. The summed E-state index contributed by atoms with van der Waals surface area (Å²) >= 11 is 0. The molecule has 0 aliphatic heterocycles. The molecule has 0 amide bonds. The Balaban J connectivity index is 4.36. The molecule has 6 nitrogen and oxygen atoms in total. The van der Waals surface area contributed by atoms with Crippen molar-refractivity contribution >= 4 is 17.9 Å². The van der Waals surface area contributed by atoms with Gasteiger partial charge in [0.25, 0.3) is 0 Å². The Morgan fingerprint density at radius 2 is 0.500 bits per heavy atom. The average molecular weight is 1090 g/mol. The first-order valence-corrected chi connectivity index (χ1v) is 33.2. The molecule has 448 valence electrons. The van der Waals surface area contributed by atoms with Gasteiger partial charge in [-0.15, -0.1) is 0 Å². The first kappa shape index (κ1) is 74.3. The van der Waals surface area contributed by atoms with Crippen LogP contribution >= 0.6 is 0 Å². The van der Waals surface area contributed by atoms with Crippen LogP contribution in [0.2, 0.25) is 0 Å². The van der Waals surface area contributed by atoms with E-state index >= 15 is 0 Å². The lowest BCUT2D eigenvalue weighted by molar-refractivity contribution is -0.167. The van der Waals surface area contributed by atoms with Gasteiger partial charge in [-0.1, -0.05) is 317 Å². The van der Waals surface area contributed by atoms with Crippen molar-refractivity contribution in [3.8, 4) is 0 Å². The van der Waals surface area contributed by atoms with Crippen LogP contribution in [-0.2, 0) is 28.6 Å². The minimum Gasteiger partial charge on any atom is -0.462 e. The Labute approximate surface area is 483 Å². The summed E-state index contributed by atoms with van der Waals surface area (Å²) in [6.07, 6.45) is 88.4. The molecule has 0 N–H and O–H groups in total. The van der Waals surface area contributed by atoms with E-state index in [-0.39, 0.29) is 31.1 Å². The minimum atomic E-state index is -0.786. The normalized spacial score (nSPS) is 12.7. The van der Waals surface area contributed by atoms with Gasteiger partial charge in [0, 0.05) is 19.3 Å². The third-order valence-corrected chi connectivity index (χ3v) is 14.4. The lowest BCUT2D eigenvalue weighted by Crippen LogP contribution is -2.30. The summed E-state index contributed by atoms with van der Waals surface area (Å²) < 4.78 is 16.9. The van der Waals surface area contributed by atoms with Crippen LogP contribution in [-0.4, -0.2) is 37.2 Å². The number of ether oxygens (including phenoxy) is 3. The summed E-state index contributed by atoms with van der Waals surface area (Å²) in [7, 11) is 0. The molecule has 1 atom stereocenters. The number of carbonyl (C=O) groups is 3. The minimum absolute atomic E-state index is 0.0811. The van der Waals surface area contributed by atoms with E-state index < -0.39 is 6.10 Å². The van der Waals surface area contributed by atoms with E-state index in [2.05, 4.69) is 118 Å². The van der Waals surface area contributed by atoms with Crippen LogP contribution in [0, 0.1) is 0 Å². The molecule has 0 aliphatic carbocycles. The van der Waals surface area contributed by atoms with Crippen molar-refractivity contribution in [2.24, 2.45) is 0 Å². The molecule has 0 rings (SSSR count). The fourth-order valence-corrected chi connectivity index (χ4v) is 9.40. The molecule has 1 unspecified atom stereocenters. The molecule has 0 aliphatic rings. The van der Waals surface area contributed by atoms with Crippen LogP contribution < -0.4 is 0 Å². The van der Waals surface area contributed by atoms with Gasteiger partial charge in [-0.3, -0.25) is 14.4 Å².